The van der Waals surface area contributed by atoms with Gasteiger partial charge in [-0.2, -0.15) is 0 Å². The molecular formula is C17H31BNS. The molecule has 113 valence electrons. The molecule has 0 aromatic heterocycles. The topological polar surface area (TPSA) is 3.24 Å². The third-order valence-electron chi connectivity index (χ3n) is 5.02. The van der Waals surface area contributed by atoms with E-state index in [-0.39, 0.29) is 0 Å². The van der Waals surface area contributed by atoms with E-state index in [1.807, 2.05) is 0 Å². The van der Waals surface area contributed by atoms with Crippen molar-refractivity contribution in [3.63, 3.8) is 0 Å². The molecule has 1 saturated carbocycles. The van der Waals surface area contributed by atoms with E-state index in [1.165, 1.54) is 49.9 Å². The molecule has 0 bridgehead atoms. The normalized spacial score (nSPS) is 32.0. The zero-order chi connectivity index (χ0) is 14.7. The van der Waals surface area contributed by atoms with Crippen LogP contribution in [0.15, 0.2) is 0 Å². The number of hydrogen-bond acceptors (Lipinski definition) is 1. The summed E-state index contributed by atoms with van der Waals surface area (Å²) in [4.78, 5) is 3.80. The van der Waals surface area contributed by atoms with E-state index in [0.29, 0.717) is 11.9 Å². The molecule has 1 heterocycles. The van der Waals surface area contributed by atoms with Crippen molar-refractivity contribution < 1.29 is 0 Å². The fourth-order valence-electron chi connectivity index (χ4n) is 4.33. The Hall–Kier alpha value is -0.0451. The number of thiocarbonyl (C=S) groups is 1. The lowest BCUT2D eigenvalue weighted by molar-refractivity contribution is 0.218. The Kier molecular flexibility index (Phi) is 5.95. The van der Waals surface area contributed by atoms with E-state index in [9.17, 15) is 0 Å². The molecule has 1 nitrogen and oxygen atoms in total. The molecular weight excluding hydrogens is 261 g/mol. The highest BCUT2D eigenvalue weighted by Crippen LogP contribution is 2.40. The van der Waals surface area contributed by atoms with Crippen molar-refractivity contribution in [1.82, 2.24) is 4.90 Å². The first-order valence-electron chi connectivity index (χ1n) is 8.65. The van der Waals surface area contributed by atoms with Crippen molar-refractivity contribution in [2.45, 2.75) is 96.4 Å². The summed E-state index contributed by atoms with van der Waals surface area (Å²) >= 11 is 5.70. The molecule has 0 amide bonds. The fourth-order valence-corrected chi connectivity index (χ4v) is 4.89. The van der Waals surface area contributed by atoms with Crippen LogP contribution in [0.2, 0.25) is 11.6 Å². The van der Waals surface area contributed by atoms with Crippen molar-refractivity contribution >= 4 is 24.5 Å². The van der Waals surface area contributed by atoms with Crippen molar-refractivity contribution in [1.29, 1.82) is 0 Å². The predicted molar refractivity (Wildman–Crippen MR) is 93.8 cm³/mol. The van der Waals surface area contributed by atoms with Crippen LogP contribution in [-0.2, 0) is 0 Å². The molecule has 1 aliphatic heterocycles. The lowest BCUT2D eigenvalue weighted by Crippen LogP contribution is -2.40. The van der Waals surface area contributed by atoms with E-state index >= 15 is 0 Å². The smallest absolute Gasteiger partial charge is 0.117 e. The molecule has 0 N–H and O–H groups in total. The third-order valence-corrected chi connectivity index (χ3v) is 5.40. The van der Waals surface area contributed by atoms with E-state index in [0.717, 1.165) is 17.8 Å². The Bertz CT molecular complexity index is 329. The summed E-state index contributed by atoms with van der Waals surface area (Å²) in [6, 6.07) is 1.30. The molecule has 3 unspecified atom stereocenters. The minimum Gasteiger partial charge on any atom is -0.360 e. The summed E-state index contributed by atoms with van der Waals surface area (Å²) < 4.78 is 0. The average molecular weight is 292 g/mol. The van der Waals surface area contributed by atoms with Crippen molar-refractivity contribution in [3.8, 4) is 0 Å². The van der Waals surface area contributed by atoms with E-state index in [1.54, 1.807) is 0 Å². The first kappa shape index (κ1) is 16.3. The molecule has 0 spiro atoms. The molecule has 3 heteroatoms. The lowest BCUT2D eigenvalue weighted by Gasteiger charge is -2.33. The largest absolute Gasteiger partial charge is 0.360 e. The zero-order valence-electron chi connectivity index (χ0n) is 13.8. The Morgan fingerprint density at radius 3 is 2.45 bits per heavy atom. The monoisotopic (exact) mass is 292 g/mol. The Morgan fingerprint density at radius 2 is 1.80 bits per heavy atom. The highest BCUT2D eigenvalue weighted by Gasteiger charge is 2.39. The van der Waals surface area contributed by atoms with Gasteiger partial charge in [-0.25, -0.2) is 0 Å². The van der Waals surface area contributed by atoms with Gasteiger partial charge in [0.05, 0.1) is 4.99 Å². The molecule has 3 atom stereocenters. The molecule has 1 aliphatic carbocycles. The van der Waals surface area contributed by atoms with Crippen LogP contribution in [0.3, 0.4) is 0 Å². The molecule has 0 aromatic carbocycles. The molecule has 2 fully saturated rings. The van der Waals surface area contributed by atoms with Gasteiger partial charge in [-0.3, -0.25) is 0 Å². The molecule has 1 radical (unpaired) electrons. The maximum atomic E-state index is 5.70. The Morgan fingerprint density at radius 1 is 1.10 bits per heavy atom. The van der Waals surface area contributed by atoms with Crippen LogP contribution in [0.25, 0.3) is 0 Å². The fraction of sp³-hybridized carbons (Fsp3) is 0.941. The van der Waals surface area contributed by atoms with Crippen LogP contribution in [0.1, 0.15) is 72.6 Å². The van der Waals surface area contributed by atoms with Crippen LogP contribution in [0.4, 0.5) is 0 Å². The van der Waals surface area contributed by atoms with E-state index < -0.39 is 0 Å². The third kappa shape index (κ3) is 3.99. The SMILES string of the molecule is CC(C)[B]C1CCCCCC2C(CC(=S)N2C(C)C)C1. The lowest BCUT2D eigenvalue weighted by atomic mass is 9.52. The maximum absolute atomic E-state index is 5.70. The predicted octanol–water partition coefficient (Wildman–Crippen LogP) is 5.09. The number of nitrogens with zero attached hydrogens (tertiary/aromatic N) is 1. The first-order valence-corrected chi connectivity index (χ1v) is 9.06. The van der Waals surface area contributed by atoms with Gasteiger partial charge >= 0.3 is 0 Å². The molecule has 2 rings (SSSR count). The van der Waals surface area contributed by atoms with E-state index in [2.05, 4.69) is 39.9 Å². The van der Waals surface area contributed by atoms with Gasteiger partial charge in [-0.1, -0.05) is 69.8 Å². The second-order valence-electron chi connectivity index (χ2n) is 7.50. The van der Waals surface area contributed by atoms with Crippen molar-refractivity contribution in [3.05, 3.63) is 0 Å². The van der Waals surface area contributed by atoms with Crippen LogP contribution >= 0.6 is 12.2 Å². The van der Waals surface area contributed by atoms with Gasteiger partial charge < -0.3 is 4.90 Å². The van der Waals surface area contributed by atoms with Crippen LogP contribution in [-0.4, -0.2) is 29.3 Å². The van der Waals surface area contributed by atoms with Crippen LogP contribution < -0.4 is 0 Å². The highest BCUT2D eigenvalue weighted by atomic mass is 32.1. The first-order chi connectivity index (χ1) is 9.49. The highest BCUT2D eigenvalue weighted by molar-refractivity contribution is 7.80. The number of likely N-dealkylation sites (tertiary alicyclic amines) is 1. The molecule has 1 saturated heterocycles. The van der Waals surface area contributed by atoms with Gasteiger partial charge in [0, 0.05) is 18.5 Å². The number of fused-ring (bicyclic) bond motifs is 1. The molecule has 20 heavy (non-hydrogen) atoms. The van der Waals surface area contributed by atoms with Crippen LogP contribution in [0.5, 0.6) is 0 Å². The van der Waals surface area contributed by atoms with E-state index in [4.69, 9.17) is 12.2 Å². The summed E-state index contributed by atoms with van der Waals surface area (Å²) in [6.07, 6.45) is 9.51. The Labute approximate surface area is 132 Å². The molecule has 2 aliphatic rings. The van der Waals surface area contributed by atoms with Gasteiger partial charge in [0.2, 0.25) is 0 Å². The van der Waals surface area contributed by atoms with Gasteiger partial charge in [0.1, 0.15) is 7.28 Å². The summed E-state index contributed by atoms with van der Waals surface area (Å²) in [5.74, 6) is 2.34. The Balaban J connectivity index is 2.09. The summed E-state index contributed by atoms with van der Waals surface area (Å²) in [6.45, 7) is 9.26. The summed E-state index contributed by atoms with van der Waals surface area (Å²) in [5.41, 5.74) is 0. The summed E-state index contributed by atoms with van der Waals surface area (Å²) in [5, 5.41) is 0. The number of rotatable bonds is 3. The molecule has 0 aromatic rings. The van der Waals surface area contributed by atoms with Gasteiger partial charge in [0.25, 0.3) is 0 Å². The zero-order valence-corrected chi connectivity index (χ0v) is 14.6. The van der Waals surface area contributed by atoms with Gasteiger partial charge in [-0.05, 0) is 26.2 Å². The second-order valence-corrected chi connectivity index (χ2v) is 7.97. The number of hydrogen-bond donors (Lipinski definition) is 0. The standard InChI is InChI=1S/C17H31BNS/c1-12(2)18-15-8-6-5-7-9-16-14(10-15)11-17(20)19(16)13(3)4/h12-16H,5-11H2,1-4H3. The second kappa shape index (κ2) is 7.29. The van der Waals surface area contributed by atoms with Gasteiger partial charge in [-0.15, -0.1) is 0 Å². The van der Waals surface area contributed by atoms with Crippen molar-refractivity contribution in [2.24, 2.45) is 5.92 Å². The van der Waals surface area contributed by atoms with Crippen LogP contribution in [0, 0.1) is 5.92 Å². The van der Waals surface area contributed by atoms with Crippen molar-refractivity contribution in [2.75, 3.05) is 0 Å². The summed E-state index contributed by atoms with van der Waals surface area (Å²) in [7, 11) is 2.60. The average Bonchev–Trinajstić information content (AvgIpc) is 2.66. The maximum Gasteiger partial charge on any atom is 0.117 e. The minimum atomic E-state index is 0.575. The quantitative estimate of drug-likeness (QED) is 0.526. The van der Waals surface area contributed by atoms with Gasteiger partial charge in [0.15, 0.2) is 0 Å². The minimum absolute atomic E-state index is 0.575.